The molecule has 1 aromatic carbocycles. The van der Waals surface area contributed by atoms with Crippen LogP contribution >= 0.6 is 15.9 Å². The SMILES string of the molecule is CCCC(CN)Nc1ccc(F)c(Br)c1. The minimum absolute atomic E-state index is 0.250. The zero-order valence-corrected chi connectivity index (χ0v) is 10.3. The molecular weight excluding hydrogens is 259 g/mol. The number of nitrogens with one attached hydrogen (secondary N) is 1. The van der Waals surface area contributed by atoms with Crippen molar-refractivity contribution in [2.45, 2.75) is 25.8 Å². The molecular formula is C11H16BrFN2. The molecule has 0 radical (unpaired) electrons. The summed E-state index contributed by atoms with van der Waals surface area (Å²) in [6.45, 7) is 2.70. The Labute approximate surface area is 98.2 Å². The van der Waals surface area contributed by atoms with Crippen molar-refractivity contribution in [1.29, 1.82) is 0 Å². The Morgan fingerprint density at radius 3 is 2.80 bits per heavy atom. The molecule has 3 N–H and O–H groups in total. The van der Waals surface area contributed by atoms with Crippen LogP contribution in [0.25, 0.3) is 0 Å². The van der Waals surface area contributed by atoms with E-state index in [9.17, 15) is 4.39 Å². The van der Waals surface area contributed by atoms with Crippen LogP contribution in [0.2, 0.25) is 0 Å². The van der Waals surface area contributed by atoms with Gasteiger partial charge in [-0.3, -0.25) is 0 Å². The third-order valence-corrected chi connectivity index (χ3v) is 2.82. The number of rotatable bonds is 5. The molecule has 0 amide bonds. The molecule has 1 rings (SSSR count). The Morgan fingerprint density at radius 1 is 1.53 bits per heavy atom. The van der Waals surface area contributed by atoms with Gasteiger partial charge in [-0.25, -0.2) is 4.39 Å². The fourth-order valence-corrected chi connectivity index (χ4v) is 1.80. The van der Waals surface area contributed by atoms with Crippen LogP contribution in [0.4, 0.5) is 10.1 Å². The first-order chi connectivity index (χ1) is 7.17. The second-order valence-electron chi connectivity index (χ2n) is 3.49. The molecule has 0 heterocycles. The van der Waals surface area contributed by atoms with Crippen molar-refractivity contribution in [3.8, 4) is 0 Å². The van der Waals surface area contributed by atoms with Crippen LogP contribution in [0.5, 0.6) is 0 Å². The highest BCUT2D eigenvalue weighted by Crippen LogP contribution is 2.20. The molecule has 0 aliphatic rings. The summed E-state index contributed by atoms with van der Waals surface area (Å²) < 4.78 is 13.4. The first-order valence-corrected chi connectivity index (χ1v) is 5.88. The summed E-state index contributed by atoms with van der Waals surface area (Å²) in [5.74, 6) is -0.250. The van der Waals surface area contributed by atoms with Crippen LogP contribution in [0, 0.1) is 5.82 Å². The fourth-order valence-electron chi connectivity index (χ4n) is 1.42. The molecule has 0 spiro atoms. The summed E-state index contributed by atoms with van der Waals surface area (Å²) in [5.41, 5.74) is 6.52. The van der Waals surface area contributed by atoms with E-state index in [4.69, 9.17) is 5.73 Å². The molecule has 4 heteroatoms. The van der Waals surface area contributed by atoms with E-state index in [1.807, 2.05) is 0 Å². The molecule has 0 fully saturated rings. The lowest BCUT2D eigenvalue weighted by Gasteiger charge is -2.17. The smallest absolute Gasteiger partial charge is 0.137 e. The number of nitrogens with two attached hydrogens (primary N) is 1. The summed E-state index contributed by atoms with van der Waals surface area (Å²) in [5, 5.41) is 3.28. The second-order valence-corrected chi connectivity index (χ2v) is 4.35. The van der Waals surface area contributed by atoms with Gasteiger partial charge in [-0.1, -0.05) is 13.3 Å². The molecule has 0 saturated heterocycles. The topological polar surface area (TPSA) is 38.0 Å². The van der Waals surface area contributed by atoms with Gasteiger partial charge >= 0.3 is 0 Å². The standard InChI is InChI=1S/C11H16BrFN2/c1-2-3-9(7-14)15-8-4-5-11(13)10(12)6-8/h4-6,9,15H,2-3,7,14H2,1H3. The minimum atomic E-state index is -0.250. The van der Waals surface area contributed by atoms with Gasteiger partial charge in [-0.2, -0.15) is 0 Å². The highest BCUT2D eigenvalue weighted by Gasteiger charge is 2.06. The van der Waals surface area contributed by atoms with E-state index in [1.54, 1.807) is 12.1 Å². The lowest BCUT2D eigenvalue weighted by atomic mass is 10.1. The Kier molecular flexibility index (Phi) is 5.05. The van der Waals surface area contributed by atoms with Gasteiger partial charge in [0.1, 0.15) is 5.82 Å². The Balaban J connectivity index is 2.66. The number of hydrogen-bond donors (Lipinski definition) is 2. The van der Waals surface area contributed by atoms with Crippen molar-refractivity contribution < 1.29 is 4.39 Å². The number of benzene rings is 1. The van der Waals surface area contributed by atoms with Crippen LogP contribution in [-0.4, -0.2) is 12.6 Å². The molecule has 15 heavy (non-hydrogen) atoms. The fraction of sp³-hybridized carbons (Fsp3) is 0.455. The number of anilines is 1. The van der Waals surface area contributed by atoms with Crippen molar-refractivity contribution in [3.05, 3.63) is 28.5 Å². The van der Waals surface area contributed by atoms with Gasteiger partial charge in [0.15, 0.2) is 0 Å². The zero-order valence-electron chi connectivity index (χ0n) is 8.76. The molecule has 2 nitrogen and oxygen atoms in total. The molecule has 0 aliphatic heterocycles. The van der Waals surface area contributed by atoms with Crippen molar-refractivity contribution in [2.75, 3.05) is 11.9 Å². The molecule has 1 atom stereocenters. The van der Waals surface area contributed by atoms with Crippen LogP contribution < -0.4 is 11.1 Å². The summed E-state index contributed by atoms with van der Waals surface area (Å²) >= 11 is 3.15. The van der Waals surface area contributed by atoms with Crippen molar-refractivity contribution in [1.82, 2.24) is 0 Å². The molecule has 84 valence electrons. The number of halogens is 2. The van der Waals surface area contributed by atoms with Crippen LogP contribution in [0.3, 0.4) is 0 Å². The highest BCUT2D eigenvalue weighted by atomic mass is 79.9. The monoisotopic (exact) mass is 274 g/mol. The maximum absolute atomic E-state index is 13.0. The first-order valence-electron chi connectivity index (χ1n) is 5.09. The van der Waals surface area contributed by atoms with E-state index in [1.165, 1.54) is 6.07 Å². The average Bonchev–Trinajstić information content (AvgIpc) is 2.23. The summed E-state index contributed by atoms with van der Waals surface area (Å²) in [6, 6.07) is 5.14. The maximum Gasteiger partial charge on any atom is 0.137 e. The quantitative estimate of drug-likeness (QED) is 0.866. The van der Waals surface area contributed by atoms with Crippen molar-refractivity contribution in [2.24, 2.45) is 5.73 Å². The van der Waals surface area contributed by atoms with E-state index >= 15 is 0 Å². The summed E-state index contributed by atoms with van der Waals surface area (Å²) in [7, 11) is 0. The van der Waals surface area contributed by atoms with Gasteiger partial charge in [-0.15, -0.1) is 0 Å². The normalized spacial score (nSPS) is 12.5. The molecule has 0 bridgehead atoms. The third kappa shape index (κ3) is 3.80. The predicted molar refractivity (Wildman–Crippen MR) is 65.5 cm³/mol. The molecule has 0 aromatic heterocycles. The molecule has 1 unspecified atom stereocenters. The molecule has 0 saturated carbocycles. The molecule has 1 aromatic rings. The van der Waals surface area contributed by atoms with Gasteiger partial charge in [0.05, 0.1) is 4.47 Å². The van der Waals surface area contributed by atoms with Gasteiger partial charge in [-0.05, 0) is 40.5 Å². The third-order valence-electron chi connectivity index (χ3n) is 2.21. The van der Waals surface area contributed by atoms with E-state index in [-0.39, 0.29) is 11.9 Å². The predicted octanol–water partition coefficient (Wildman–Crippen LogP) is 3.13. The van der Waals surface area contributed by atoms with Gasteiger partial charge < -0.3 is 11.1 Å². The van der Waals surface area contributed by atoms with Crippen molar-refractivity contribution >= 4 is 21.6 Å². The van der Waals surface area contributed by atoms with Crippen molar-refractivity contribution in [3.63, 3.8) is 0 Å². The average molecular weight is 275 g/mol. The lowest BCUT2D eigenvalue weighted by molar-refractivity contribution is 0.620. The first kappa shape index (κ1) is 12.5. The Hall–Kier alpha value is -0.610. The number of hydrogen-bond acceptors (Lipinski definition) is 2. The van der Waals surface area contributed by atoms with E-state index in [0.29, 0.717) is 11.0 Å². The van der Waals surface area contributed by atoms with Gasteiger partial charge in [0.2, 0.25) is 0 Å². The van der Waals surface area contributed by atoms with Gasteiger partial charge in [0.25, 0.3) is 0 Å². The van der Waals surface area contributed by atoms with E-state index in [0.717, 1.165) is 18.5 Å². The van der Waals surface area contributed by atoms with Crippen LogP contribution in [-0.2, 0) is 0 Å². The summed E-state index contributed by atoms with van der Waals surface area (Å²) in [4.78, 5) is 0. The maximum atomic E-state index is 13.0. The van der Waals surface area contributed by atoms with Gasteiger partial charge in [0, 0.05) is 18.3 Å². The highest BCUT2D eigenvalue weighted by molar-refractivity contribution is 9.10. The Morgan fingerprint density at radius 2 is 2.27 bits per heavy atom. The Bertz CT molecular complexity index is 317. The lowest BCUT2D eigenvalue weighted by Crippen LogP contribution is -2.28. The molecule has 0 aliphatic carbocycles. The zero-order chi connectivity index (χ0) is 11.3. The largest absolute Gasteiger partial charge is 0.381 e. The van der Waals surface area contributed by atoms with E-state index in [2.05, 4.69) is 28.2 Å². The van der Waals surface area contributed by atoms with Crippen LogP contribution in [0.15, 0.2) is 22.7 Å². The minimum Gasteiger partial charge on any atom is -0.381 e. The van der Waals surface area contributed by atoms with E-state index < -0.39 is 0 Å². The van der Waals surface area contributed by atoms with Crippen LogP contribution in [0.1, 0.15) is 19.8 Å². The summed E-state index contributed by atoms with van der Waals surface area (Å²) in [6.07, 6.45) is 2.10. The second kappa shape index (κ2) is 6.08.